The summed E-state index contributed by atoms with van der Waals surface area (Å²) in [7, 11) is -3.69. The topological polar surface area (TPSA) is 72.2 Å². The van der Waals surface area contributed by atoms with Gasteiger partial charge < -0.3 is 5.73 Å². The minimum Gasteiger partial charge on any atom is -0.396 e. The standard InChI is InChI=1S/C19H17FN2O2S/c1-13-3-2-4-16(11-13)22-25(23,24)17-8-5-14(6-9-17)15-7-10-19(21)18(20)12-15/h2-12,22H,21H2,1H3. The van der Waals surface area contributed by atoms with Gasteiger partial charge in [0.15, 0.2) is 0 Å². The normalized spacial score (nSPS) is 11.3. The van der Waals surface area contributed by atoms with E-state index in [1.54, 1.807) is 36.4 Å². The van der Waals surface area contributed by atoms with E-state index in [9.17, 15) is 12.8 Å². The van der Waals surface area contributed by atoms with Gasteiger partial charge in [0, 0.05) is 5.69 Å². The Morgan fingerprint density at radius 3 is 2.24 bits per heavy atom. The van der Waals surface area contributed by atoms with Crippen LogP contribution in [-0.4, -0.2) is 8.42 Å². The Hall–Kier alpha value is -2.86. The molecule has 0 atom stereocenters. The zero-order chi connectivity index (χ0) is 18.0. The highest BCUT2D eigenvalue weighted by Crippen LogP contribution is 2.25. The summed E-state index contributed by atoms with van der Waals surface area (Å²) in [5.74, 6) is -0.504. The average Bonchev–Trinajstić information content (AvgIpc) is 2.57. The number of benzene rings is 3. The summed E-state index contributed by atoms with van der Waals surface area (Å²) in [6.45, 7) is 1.89. The highest BCUT2D eigenvalue weighted by atomic mass is 32.2. The van der Waals surface area contributed by atoms with Crippen LogP contribution < -0.4 is 10.5 Å². The Morgan fingerprint density at radius 1 is 0.920 bits per heavy atom. The largest absolute Gasteiger partial charge is 0.396 e. The van der Waals surface area contributed by atoms with Gasteiger partial charge in [-0.05, 0) is 60.0 Å². The third-order valence-electron chi connectivity index (χ3n) is 3.77. The molecule has 0 fully saturated rings. The first-order valence-electron chi connectivity index (χ1n) is 7.60. The van der Waals surface area contributed by atoms with Crippen molar-refractivity contribution in [1.29, 1.82) is 0 Å². The maximum Gasteiger partial charge on any atom is 0.261 e. The molecule has 3 N–H and O–H groups in total. The van der Waals surface area contributed by atoms with Gasteiger partial charge >= 0.3 is 0 Å². The van der Waals surface area contributed by atoms with E-state index in [0.29, 0.717) is 16.8 Å². The first-order valence-corrected chi connectivity index (χ1v) is 9.08. The zero-order valence-electron chi connectivity index (χ0n) is 13.5. The minimum absolute atomic E-state index is 0.0744. The van der Waals surface area contributed by atoms with Gasteiger partial charge in [0.05, 0.1) is 10.6 Å². The third kappa shape index (κ3) is 3.80. The van der Waals surface area contributed by atoms with Crippen molar-refractivity contribution in [1.82, 2.24) is 0 Å². The van der Waals surface area contributed by atoms with E-state index in [1.807, 2.05) is 13.0 Å². The van der Waals surface area contributed by atoms with Crippen LogP contribution in [0.2, 0.25) is 0 Å². The summed E-state index contributed by atoms with van der Waals surface area (Å²) in [5, 5.41) is 0. The zero-order valence-corrected chi connectivity index (χ0v) is 14.3. The Balaban J connectivity index is 1.87. The molecule has 0 saturated heterocycles. The molecule has 0 spiro atoms. The molecule has 0 aliphatic rings. The van der Waals surface area contributed by atoms with Gasteiger partial charge in [-0.15, -0.1) is 0 Å². The van der Waals surface area contributed by atoms with Gasteiger partial charge in [0.1, 0.15) is 5.82 Å². The van der Waals surface area contributed by atoms with Crippen molar-refractivity contribution < 1.29 is 12.8 Å². The number of halogens is 1. The van der Waals surface area contributed by atoms with Gasteiger partial charge in [-0.1, -0.05) is 30.3 Å². The molecule has 0 amide bonds. The van der Waals surface area contributed by atoms with Gasteiger partial charge in [-0.25, -0.2) is 12.8 Å². The van der Waals surface area contributed by atoms with Crippen LogP contribution in [0.5, 0.6) is 0 Å². The summed E-state index contributed by atoms with van der Waals surface area (Å²) >= 11 is 0. The lowest BCUT2D eigenvalue weighted by Gasteiger charge is -2.10. The second-order valence-corrected chi connectivity index (χ2v) is 7.42. The van der Waals surface area contributed by atoms with Crippen molar-refractivity contribution in [3.8, 4) is 11.1 Å². The van der Waals surface area contributed by atoms with E-state index < -0.39 is 15.8 Å². The van der Waals surface area contributed by atoms with E-state index >= 15 is 0 Å². The highest BCUT2D eigenvalue weighted by Gasteiger charge is 2.14. The van der Waals surface area contributed by atoms with Gasteiger partial charge in [-0.3, -0.25) is 4.72 Å². The summed E-state index contributed by atoms with van der Waals surface area (Å²) in [6.07, 6.45) is 0. The number of hydrogen-bond donors (Lipinski definition) is 2. The summed E-state index contributed by atoms with van der Waals surface area (Å²) < 4.78 is 41.1. The van der Waals surface area contributed by atoms with Crippen LogP contribution in [0, 0.1) is 12.7 Å². The van der Waals surface area contributed by atoms with Crippen molar-refractivity contribution in [3.63, 3.8) is 0 Å². The fourth-order valence-electron chi connectivity index (χ4n) is 2.46. The number of nitrogen functional groups attached to an aromatic ring is 1. The minimum atomic E-state index is -3.69. The van der Waals surface area contributed by atoms with Crippen LogP contribution in [0.4, 0.5) is 15.8 Å². The van der Waals surface area contributed by atoms with Crippen LogP contribution in [0.1, 0.15) is 5.56 Å². The lowest BCUT2D eigenvalue weighted by atomic mass is 10.1. The Kier molecular flexibility index (Phi) is 4.46. The molecule has 0 aliphatic heterocycles. The molecule has 0 heterocycles. The lowest BCUT2D eigenvalue weighted by molar-refractivity contribution is 0.601. The number of sulfonamides is 1. The number of anilines is 2. The van der Waals surface area contributed by atoms with E-state index in [4.69, 9.17) is 5.73 Å². The lowest BCUT2D eigenvalue weighted by Crippen LogP contribution is -2.12. The van der Waals surface area contributed by atoms with E-state index in [0.717, 1.165) is 5.56 Å². The number of aryl methyl sites for hydroxylation is 1. The SMILES string of the molecule is Cc1cccc(NS(=O)(=O)c2ccc(-c3ccc(N)c(F)c3)cc2)c1. The van der Waals surface area contributed by atoms with Crippen LogP contribution in [0.3, 0.4) is 0 Å². The first-order chi connectivity index (χ1) is 11.8. The molecule has 25 heavy (non-hydrogen) atoms. The van der Waals surface area contributed by atoms with Crippen molar-refractivity contribution in [3.05, 3.63) is 78.1 Å². The molecule has 0 aromatic heterocycles. The summed E-state index contributed by atoms with van der Waals surface area (Å²) in [4.78, 5) is 0.133. The number of hydrogen-bond acceptors (Lipinski definition) is 3. The molecular weight excluding hydrogens is 339 g/mol. The van der Waals surface area contributed by atoms with Crippen LogP contribution in [0.25, 0.3) is 11.1 Å². The van der Waals surface area contributed by atoms with E-state index in [2.05, 4.69) is 4.72 Å². The molecule has 3 aromatic rings. The highest BCUT2D eigenvalue weighted by molar-refractivity contribution is 7.92. The molecule has 4 nitrogen and oxygen atoms in total. The molecule has 0 unspecified atom stereocenters. The fraction of sp³-hybridized carbons (Fsp3) is 0.0526. The van der Waals surface area contributed by atoms with Crippen molar-refractivity contribution >= 4 is 21.4 Å². The molecule has 3 rings (SSSR count). The summed E-state index contributed by atoms with van der Waals surface area (Å²) in [6, 6.07) is 17.9. The van der Waals surface area contributed by atoms with Crippen LogP contribution >= 0.6 is 0 Å². The van der Waals surface area contributed by atoms with Crippen LogP contribution in [0.15, 0.2) is 71.6 Å². The smallest absolute Gasteiger partial charge is 0.261 e. The van der Waals surface area contributed by atoms with E-state index in [1.165, 1.54) is 24.3 Å². The Morgan fingerprint density at radius 2 is 1.60 bits per heavy atom. The Bertz CT molecular complexity index is 1020. The Labute approximate surface area is 146 Å². The molecule has 0 saturated carbocycles. The summed E-state index contributed by atoms with van der Waals surface area (Å²) in [5.41, 5.74) is 8.34. The van der Waals surface area contributed by atoms with Gasteiger partial charge in [0.2, 0.25) is 0 Å². The molecule has 0 aliphatic carbocycles. The third-order valence-corrected chi connectivity index (χ3v) is 5.17. The molecular formula is C19H17FN2O2S. The molecule has 128 valence electrons. The van der Waals surface area contributed by atoms with E-state index in [-0.39, 0.29) is 10.6 Å². The van der Waals surface area contributed by atoms with Crippen molar-refractivity contribution in [2.24, 2.45) is 0 Å². The predicted molar refractivity (Wildman–Crippen MR) is 98.2 cm³/mol. The second kappa shape index (κ2) is 6.57. The van der Waals surface area contributed by atoms with Crippen molar-refractivity contribution in [2.45, 2.75) is 11.8 Å². The van der Waals surface area contributed by atoms with Gasteiger partial charge in [0.25, 0.3) is 10.0 Å². The average molecular weight is 356 g/mol. The number of rotatable bonds is 4. The van der Waals surface area contributed by atoms with Gasteiger partial charge in [-0.2, -0.15) is 0 Å². The number of nitrogens with two attached hydrogens (primary N) is 1. The molecule has 0 radical (unpaired) electrons. The van der Waals surface area contributed by atoms with Crippen LogP contribution in [-0.2, 0) is 10.0 Å². The number of nitrogens with one attached hydrogen (secondary N) is 1. The molecule has 0 bridgehead atoms. The molecule has 3 aromatic carbocycles. The van der Waals surface area contributed by atoms with Crippen molar-refractivity contribution in [2.75, 3.05) is 10.5 Å². The fourth-order valence-corrected chi connectivity index (χ4v) is 3.51. The maximum absolute atomic E-state index is 13.6. The predicted octanol–water partition coefficient (Wildman–Crippen LogP) is 4.18. The first kappa shape index (κ1) is 17.0. The quantitative estimate of drug-likeness (QED) is 0.689. The maximum atomic E-state index is 13.6. The molecule has 6 heteroatoms. The monoisotopic (exact) mass is 356 g/mol. The second-order valence-electron chi connectivity index (χ2n) is 5.74.